The lowest BCUT2D eigenvalue weighted by Crippen LogP contribution is -2.52. The molecule has 170 valence electrons. The van der Waals surface area contributed by atoms with Gasteiger partial charge in [0, 0.05) is 11.5 Å². The van der Waals surface area contributed by atoms with Crippen LogP contribution < -0.4 is 16.0 Å². The summed E-state index contributed by atoms with van der Waals surface area (Å²) in [7, 11) is 0. The van der Waals surface area contributed by atoms with Crippen LogP contribution in [0.1, 0.15) is 25.7 Å². The van der Waals surface area contributed by atoms with Gasteiger partial charge < -0.3 is 26.0 Å². The Bertz CT molecular complexity index is 816. The molecule has 2 aliphatic rings. The average Bonchev–Trinajstić information content (AvgIpc) is 2.82. The summed E-state index contributed by atoms with van der Waals surface area (Å²) in [6.07, 6.45) is 2.70. The van der Waals surface area contributed by atoms with Gasteiger partial charge in [-0.1, -0.05) is 12.1 Å². The van der Waals surface area contributed by atoms with Crippen LogP contribution in [0, 0.1) is 11.8 Å². The molecule has 31 heavy (non-hydrogen) atoms. The lowest BCUT2D eigenvalue weighted by Gasteiger charge is -2.33. The zero-order valence-corrected chi connectivity index (χ0v) is 18.1. The monoisotopic (exact) mass is 451 g/mol. The first-order valence-corrected chi connectivity index (χ1v) is 11.2. The van der Waals surface area contributed by atoms with Gasteiger partial charge in [0.25, 0.3) is 0 Å². The molecule has 0 radical (unpaired) electrons. The van der Waals surface area contributed by atoms with Gasteiger partial charge in [-0.2, -0.15) is 0 Å². The number of thioether (sulfide) groups is 1. The van der Waals surface area contributed by atoms with Crippen LogP contribution in [0.2, 0.25) is 0 Å². The van der Waals surface area contributed by atoms with Gasteiger partial charge in [-0.15, -0.1) is 11.8 Å². The number of rotatable bonds is 9. The van der Waals surface area contributed by atoms with Gasteiger partial charge in [-0.05, 0) is 50.4 Å². The molecule has 0 unspecified atom stereocenters. The number of anilines is 1. The summed E-state index contributed by atoms with van der Waals surface area (Å²) in [5.74, 6) is -3.40. The maximum absolute atomic E-state index is 12.9. The highest BCUT2D eigenvalue weighted by molar-refractivity contribution is 8.00. The summed E-state index contributed by atoms with van der Waals surface area (Å²) in [5.41, 5.74) is 6.95. The summed E-state index contributed by atoms with van der Waals surface area (Å²) < 4.78 is 5.72. The van der Waals surface area contributed by atoms with E-state index in [0.717, 1.165) is 49.0 Å². The normalized spacial score (nSPS) is 23.1. The summed E-state index contributed by atoms with van der Waals surface area (Å²) in [6, 6.07) is 6.79. The minimum absolute atomic E-state index is 0.113. The molecule has 5 N–H and O–H groups in total. The van der Waals surface area contributed by atoms with Gasteiger partial charge in [-0.3, -0.25) is 19.3 Å². The number of carbonyl (C=O) groups excluding carboxylic acids is 1. The Kier molecular flexibility index (Phi) is 7.93. The number of hydrogen-bond acceptors (Lipinski definition) is 7. The zero-order chi connectivity index (χ0) is 22.4. The Labute approximate surface area is 185 Å². The van der Waals surface area contributed by atoms with E-state index in [9.17, 15) is 24.6 Å². The third-order valence-electron chi connectivity index (χ3n) is 5.78. The number of nitrogens with two attached hydrogens (primary N) is 1. The standard InChI is InChI=1S/C21H29N3O6S/c22-21(15(20(28)29)13-30-10-7-14-5-8-23-9-6-14)11-18(25)24(12-19(26)27)16-3-1-2-4-17(16)31-21/h1-4,14-15,23H,5-13,22H2,(H,26,27)(H,28,29)/t15-,21+/m0/s1. The molecule has 0 saturated carbocycles. The lowest BCUT2D eigenvalue weighted by atomic mass is 9.95. The van der Waals surface area contributed by atoms with Crippen molar-refractivity contribution in [3.8, 4) is 0 Å². The van der Waals surface area contributed by atoms with Crippen LogP contribution in [0.5, 0.6) is 0 Å². The zero-order valence-electron chi connectivity index (χ0n) is 17.3. The second-order valence-electron chi connectivity index (χ2n) is 8.02. The van der Waals surface area contributed by atoms with Crippen LogP contribution in [-0.4, -0.2) is 65.8 Å². The Morgan fingerprint density at radius 3 is 2.68 bits per heavy atom. The number of aliphatic carboxylic acids is 2. The topological polar surface area (TPSA) is 142 Å². The van der Waals surface area contributed by atoms with E-state index in [4.69, 9.17) is 10.5 Å². The molecule has 1 fully saturated rings. The average molecular weight is 452 g/mol. The highest BCUT2D eigenvalue weighted by Crippen LogP contribution is 2.45. The number of carboxylic acid groups (broad SMARTS) is 2. The van der Waals surface area contributed by atoms with Gasteiger partial charge >= 0.3 is 11.9 Å². The molecule has 10 heteroatoms. The van der Waals surface area contributed by atoms with E-state index < -0.39 is 35.2 Å². The number of amides is 1. The lowest BCUT2D eigenvalue weighted by molar-refractivity contribution is -0.146. The second kappa shape index (κ2) is 10.4. The number of nitrogens with one attached hydrogen (secondary N) is 1. The largest absolute Gasteiger partial charge is 0.481 e. The quantitative estimate of drug-likeness (QED) is 0.409. The molecule has 1 amide bonds. The predicted molar refractivity (Wildman–Crippen MR) is 116 cm³/mol. The third-order valence-corrected chi connectivity index (χ3v) is 7.15. The third kappa shape index (κ3) is 5.97. The van der Waals surface area contributed by atoms with Gasteiger partial charge in [0.2, 0.25) is 5.91 Å². The summed E-state index contributed by atoms with van der Waals surface area (Å²) in [5, 5.41) is 22.4. The maximum Gasteiger partial charge on any atom is 0.323 e. The number of para-hydroxylation sites is 1. The first-order valence-electron chi connectivity index (χ1n) is 10.4. The summed E-state index contributed by atoms with van der Waals surface area (Å²) in [4.78, 5) is 36.5. The van der Waals surface area contributed by atoms with Crippen LogP contribution in [-0.2, 0) is 19.1 Å². The molecule has 0 aliphatic carbocycles. The molecule has 2 atom stereocenters. The van der Waals surface area contributed by atoms with Crippen molar-refractivity contribution in [2.24, 2.45) is 17.6 Å². The van der Waals surface area contributed by atoms with Gasteiger partial charge in [0.15, 0.2) is 0 Å². The van der Waals surface area contributed by atoms with E-state index in [2.05, 4.69) is 5.32 Å². The molecule has 0 bridgehead atoms. The van der Waals surface area contributed by atoms with Crippen molar-refractivity contribution in [3.05, 3.63) is 24.3 Å². The van der Waals surface area contributed by atoms with Crippen molar-refractivity contribution in [2.75, 3.05) is 37.7 Å². The summed E-state index contributed by atoms with van der Waals surface area (Å²) in [6.45, 7) is 1.78. The Morgan fingerprint density at radius 2 is 2.00 bits per heavy atom. The number of benzene rings is 1. The molecular weight excluding hydrogens is 422 g/mol. The molecule has 1 aromatic rings. The second-order valence-corrected chi connectivity index (χ2v) is 9.43. The van der Waals surface area contributed by atoms with Gasteiger partial charge in [0.1, 0.15) is 12.5 Å². The molecule has 3 rings (SSSR count). The molecule has 2 heterocycles. The van der Waals surface area contributed by atoms with Crippen LogP contribution in [0.4, 0.5) is 5.69 Å². The first-order chi connectivity index (χ1) is 14.8. The molecule has 0 spiro atoms. The van der Waals surface area contributed by atoms with Crippen molar-refractivity contribution < 1.29 is 29.3 Å². The molecular formula is C21H29N3O6S. The van der Waals surface area contributed by atoms with Crippen LogP contribution in [0.25, 0.3) is 0 Å². The Balaban J connectivity index is 1.73. The van der Waals surface area contributed by atoms with Crippen molar-refractivity contribution in [1.29, 1.82) is 0 Å². The minimum atomic E-state index is -1.47. The van der Waals surface area contributed by atoms with Crippen molar-refractivity contribution >= 4 is 35.3 Å². The highest BCUT2D eigenvalue weighted by Gasteiger charge is 2.46. The Hall–Kier alpha value is -2.14. The molecule has 0 aromatic heterocycles. The van der Waals surface area contributed by atoms with E-state index in [1.807, 2.05) is 0 Å². The van der Waals surface area contributed by atoms with E-state index in [1.54, 1.807) is 24.3 Å². The number of ether oxygens (including phenoxy) is 1. The molecule has 1 aromatic carbocycles. The highest BCUT2D eigenvalue weighted by atomic mass is 32.2. The van der Waals surface area contributed by atoms with E-state index in [0.29, 0.717) is 23.1 Å². The van der Waals surface area contributed by atoms with E-state index in [-0.39, 0.29) is 13.0 Å². The van der Waals surface area contributed by atoms with Gasteiger partial charge in [0.05, 0.1) is 23.6 Å². The number of piperidine rings is 1. The fourth-order valence-electron chi connectivity index (χ4n) is 4.02. The number of hydrogen-bond donors (Lipinski definition) is 4. The predicted octanol–water partition coefficient (Wildman–Crippen LogP) is 1.36. The fourth-order valence-corrected chi connectivity index (χ4v) is 5.36. The fraction of sp³-hybridized carbons (Fsp3) is 0.571. The van der Waals surface area contributed by atoms with E-state index in [1.165, 1.54) is 0 Å². The first kappa shape index (κ1) is 23.5. The van der Waals surface area contributed by atoms with Crippen molar-refractivity contribution in [3.63, 3.8) is 0 Å². The number of carbonyl (C=O) groups is 3. The molecule has 2 aliphatic heterocycles. The van der Waals surface area contributed by atoms with Crippen LogP contribution in [0.3, 0.4) is 0 Å². The smallest absolute Gasteiger partial charge is 0.323 e. The number of nitrogens with zero attached hydrogens (tertiary/aromatic N) is 1. The number of fused-ring (bicyclic) bond motifs is 1. The minimum Gasteiger partial charge on any atom is -0.481 e. The van der Waals surface area contributed by atoms with Crippen molar-refractivity contribution in [2.45, 2.75) is 35.4 Å². The van der Waals surface area contributed by atoms with Crippen LogP contribution in [0.15, 0.2) is 29.2 Å². The number of carboxylic acids is 2. The summed E-state index contributed by atoms with van der Waals surface area (Å²) >= 11 is 1.09. The van der Waals surface area contributed by atoms with Gasteiger partial charge in [-0.25, -0.2) is 0 Å². The molecule has 9 nitrogen and oxygen atoms in total. The van der Waals surface area contributed by atoms with Crippen molar-refractivity contribution in [1.82, 2.24) is 5.32 Å². The molecule has 1 saturated heterocycles. The van der Waals surface area contributed by atoms with E-state index >= 15 is 0 Å². The SMILES string of the molecule is N[C@]1([C@@H](COCCC2CCNCC2)C(=O)O)CC(=O)N(CC(=O)O)c2ccccc2S1. The maximum atomic E-state index is 12.9. The Morgan fingerprint density at radius 1 is 1.29 bits per heavy atom. The van der Waals surface area contributed by atoms with Crippen LogP contribution >= 0.6 is 11.8 Å².